The lowest BCUT2D eigenvalue weighted by molar-refractivity contribution is -0.194. The van der Waals surface area contributed by atoms with Gasteiger partial charge in [-0.15, -0.1) is 0 Å². The van der Waals surface area contributed by atoms with Gasteiger partial charge in [-0.25, -0.2) is 0 Å². The molecule has 0 aromatic heterocycles. The molecule has 0 saturated heterocycles. The number of benzene rings is 2. The molecule has 0 unspecified atom stereocenters. The Bertz CT molecular complexity index is 843. The minimum atomic E-state index is -0.462. The van der Waals surface area contributed by atoms with Crippen molar-refractivity contribution in [2.75, 3.05) is 0 Å². The first-order valence-corrected chi connectivity index (χ1v) is 11.7. The van der Waals surface area contributed by atoms with Crippen LogP contribution in [0.2, 0.25) is 0 Å². The normalized spacial score (nSPS) is 26.9. The summed E-state index contributed by atoms with van der Waals surface area (Å²) in [7, 11) is 0. The summed E-state index contributed by atoms with van der Waals surface area (Å²) in [6.07, 6.45) is 2.21. The van der Waals surface area contributed by atoms with Crippen LogP contribution in [0.4, 0.5) is 0 Å². The quantitative estimate of drug-likeness (QED) is 0.531. The van der Waals surface area contributed by atoms with Gasteiger partial charge in [-0.2, -0.15) is 0 Å². The highest BCUT2D eigenvalue weighted by molar-refractivity contribution is 5.75. The lowest BCUT2D eigenvalue weighted by Gasteiger charge is -2.63. The van der Waals surface area contributed by atoms with Crippen LogP contribution in [0, 0.1) is 23.2 Å². The lowest BCUT2D eigenvalue weighted by atomic mass is 9.44. The van der Waals surface area contributed by atoms with Crippen LogP contribution in [-0.4, -0.2) is 22.5 Å². The zero-order valence-electron chi connectivity index (χ0n) is 19.7. The molecule has 3 nitrogen and oxygen atoms in total. The molecule has 0 aliphatic heterocycles. The Labute approximate surface area is 187 Å². The highest BCUT2D eigenvalue weighted by Crippen LogP contribution is 2.62. The van der Waals surface area contributed by atoms with E-state index in [4.69, 9.17) is 4.74 Å². The standard InChI is InChI=1S/C28H37NO2/c1-27(2,3)31-26(30)25-23-16-22(28(23,4)5)17-24(25)29(18-20-12-8-6-9-13-20)19-21-14-10-7-11-15-21/h6-15,22-25H,16-19H2,1-5H3/t22-,23+,24+,25+/m1/s1. The molecule has 2 aromatic rings. The van der Waals surface area contributed by atoms with Gasteiger partial charge in [-0.05, 0) is 62.0 Å². The molecule has 3 heteroatoms. The molecule has 166 valence electrons. The molecule has 0 radical (unpaired) electrons. The van der Waals surface area contributed by atoms with E-state index in [2.05, 4.69) is 79.4 Å². The molecule has 3 aliphatic rings. The summed E-state index contributed by atoms with van der Waals surface area (Å²) in [5.74, 6) is 0.974. The molecule has 3 fully saturated rings. The molecular weight excluding hydrogens is 382 g/mol. The fourth-order valence-electron chi connectivity index (χ4n) is 5.77. The summed E-state index contributed by atoms with van der Waals surface area (Å²) in [4.78, 5) is 16.0. The van der Waals surface area contributed by atoms with E-state index in [1.807, 2.05) is 20.8 Å². The molecule has 0 amide bonds. The Morgan fingerprint density at radius 3 is 1.90 bits per heavy atom. The predicted molar refractivity (Wildman–Crippen MR) is 125 cm³/mol. The second-order valence-corrected chi connectivity index (χ2v) is 11.1. The van der Waals surface area contributed by atoms with E-state index in [1.54, 1.807) is 0 Å². The highest BCUT2D eigenvalue weighted by atomic mass is 16.6. The predicted octanol–water partition coefficient (Wildman–Crippen LogP) is 6.08. The van der Waals surface area contributed by atoms with E-state index in [0.717, 1.165) is 25.9 Å². The van der Waals surface area contributed by atoms with Crippen molar-refractivity contribution in [3.63, 3.8) is 0 Å². The van der Waals surface area contributed by atoms with Gasteiger partial charge in [0.15, 0.2) is 0 Å². The zero-order chi connectivity index (χ0) is 22.2. The molecule has 3 saturated carbocycles. The first-order chi connectivity index (χ1) is 14.6. The van der Waals surface area contributed by atoms with Gasteiger partial charge in [-0.3, -0.25) is 9.69 Å². The van der Waals surface area contributed by atoms with Crippen LogP contribution in [0.1, 0.15) is 58.6 Å². The summed E-state index contributed by atoms with van der Waals surface area (Å²) in [5, 5.41) is 0. The number of rotatable bonds is 6. The van der Waals surface area contributed by atoms with Crippen LogP contribution >= 0.6 is 0 Å². The topological polar surface area (TPSA) is 29.5 Å². The molecule has 0 spiro atoms. The second kappa shape index (κ2) is 8.43. The molecule has 3 aliphatic carbocycles. The molecular formula is C28H37NO2. The second-order valence-electron chi connectivity index (χ2n) is 11.1. The number of nitrogens with zero attached hydrogens (tertiary/aromatic N) is 1. The number of esters is 1. The van der Waals surface area contributed by atoms with Crippen LogP contribution in [0.3, 0.4) is 0 Å². The first kappa shape index (κ1) is 22.1. The third kappa shape index (κ3) is 4.72. The number of fused-ring (bicyclic) bond motifs is 2. The van der Waals surface area contributed by atoms with Gasteiger partial charge in [0.25, 0.3) is 0 Å². The van der Waals surface area contributed by atoms with Crippen molar-refractivity contribution in [2.45, 2.75) is 72.2 Å². The molecule has 2 bridgehead atoms. The minimum Gasteiger partial charge on any atom is -0.460 e. The van der Waals surface area contributed by atoms with Crippen molar-refractivity contribution in [3.05, 3.63) is 71.8 Å². The smallest absolute Gasteiger partial charge is 0.311 e. The molecule has 2 aromatic carbocycles. The Morgan fingerprint density at radius 1 is 0.935 bits per heavy atom. The van der Waals surface area contributed by atoms with Crippen LogP contribution in [-0.2, 0) is 22.6 Å². The van der Waals surface area contributed by atoms with Gasteiger partial charge >= 0.3 is 5.97 Å². The number of ether oxygens (including phenoxy) is 1. The third-order valence-corrected chi connectivity index (χ3v) is 7.53. The van der Waals surface area contributed by atoms with Gasteiger partial charge in [0.05, 0.1) is 5.92 Å². The molecule has 4 atom stereocenters. The van der Waals surface area contributed by atoms with E-state index >= 15 is 0 Å². The van der Waals surface area contributed by atoms with Gasteiger partial charge in [0, 0.05) is 19.1 Å². The average molecular weight is 420 g/mol. The summed E-state index contributed by atoms with van der Waals surface area (Å²) in [6, 6.07) is 21.5. The molecule has 0 N–H and O–H groups in total. The fourth-order valence-corrected chi connectivity index (χ4v) is 5.77. The fraction of sp³-hybridized carbons (Fsp3) is 0.536. The SMILES string of the molecule is CC(C)(C)OC(=O)[C@@H]1[C@@H](N(Cc2ccccc2)Cc2ccccc2)C[C@H]2C[C@@H]1C2(C)C. The minimum absolute atomic E-state index is 0.0140. The van der Waals surface area contributed by atoms with Crippen LogP contribution in [0.15, 0.2) is 60.7 Å². The van der Waals surface area contributed by atoms with Gasteiger partial charge < -0.3 is 4.74 Å². The van der Waals surface area contributed by atoms with E-state index in [-0.39, 0.29) is 23.3 Å². The molecule has 0 heterocycles. The van der Waals surface area contributed by atoms with Gasteiger partial charge in [0.1, 0.15) is 5.60 Å². The molecule has 5 rings (SSSR count). The van der Waals surface area contributed by atoms with Crippen LogP contribution in [0.5, 0.6) is 0 Å². The van der Waals surface area contributed by atoms with Gasteiger partial charge in [-0.1, -0.05) is 74.5 Å². The summed E-state index contributed by atoms with van der Waals surface area (Å²) >= 11 is 0. The largest absolute Gasteiger partial charge is 0.460 e. The van der Waals surface area contributed by atoms with Crippen molar-refractivity contribution < 1.29 is 9.53 Å². The Kier molecular flexibility index (Phi) is 6.00. The summed E-state index contributed by atoms with van der Waals surface area (Å²) in [5.41, 5.74) is 2.33. The number of hydrogen-bond acceptors (Lipinski definition) is 3. The van der Waals surface area contributed by atoms with E-state index < -0.39 is 5.60 Å². The first-order valence-electron chi connectivity index (χ1n) is 11.7. The molecule has 31 heavy (non-hydrogen) atoms. The summed E-state index contributed by atoms with van der Waals surface area (Å²) < 4.78 is 5.98. The van der Waals surface area contributed by atoms with E-state index in [1.165, 1.54) is 11.1 Å². The number of hydrogen-bond donors (Lipinski definition) is 0. The third-order valence-electron chi connectivity index (χ3n) is 7.53. The number of carbonyl (C=O) groups is 1. The Morgan fingerprint density at radius 2 is 1.45 bits per heavy atom. The Hall–Kier alpha value is -2.13. The van der Waals surface area contributed by atoms with Crippen molar-refractivity contribution in [1.82, 2.24) is 4.90 Å². The van der Waals surface area contributed by atoms with Crippen LogP contribution in [0.25, 0.3) is 0 Å². The van der Waals surface area contributed by atoms with Crippen molar-refractivity contribution in [1.29, 1.82) is 0 Å². The van der Waals surface area contributed by atoms with E-state index in [9.17, 15) is 4.79 Å². The van der Waals surface area contributed by atoms with E-state index in [0.29, 0.717) is 11.8 Å². The summed E-state index contributed by atoms with van der Waals surface area (Å²) in [6.45, 7) is 12.3. The monoisotopic (exact) mass is 419 g/mol. The van der Waals surface area contributed by atoms with Crippen molar-refractivity contribution in [2.24, 2.45) is 23.2 Å². The average Bonchev–Trinajstić information content (AvgIpc) is 2.73. The maximum Gasteiger partial charge on any atom is 0.311 e. The van der Waals surface area contributed by atoms with Crippen molar-refractivity contribution in [3.8, 4) is 0 Å². The highest BCUT2D eigenvalue weighted by Gasteiger charge is 2.61. The van der Waals surface area contributed by atoms with Gasteiger partial charge in [0.2, 0.25) is 0 Å². The Balaban J connectivity index is 1.66. The zero-order valence-corrected chi connectivity index (χ0v) is 19.7. The maximum atomic E-state index is 13.5. The lowest BCUT2D eigenvalue weighted by Crippen LogP contribution is -2.63. The number of carbonyl (C=O) groups excluding carboxylic acids is 1. The maximum absolute atomic E-state index is 13.5. The van der Waals surface area contributed by atoms with Crippen molar-refractivity contribution >= 4 is 5.97 Å². The van der Waals surface area contributed by atoms with Crippen LogP contribution < -0.4 is 0 Å².